The second-order valence-corrected chi connectivity index (χ2v) is 6.42. The van der Waals surface area contributed by atoms with Crippen molar-refractivity contribution in [3.05, 3.63) is 46.5 Å². The summed E-state index contributed by atoms with van der Waals surface area (Å²) in [7, 11) is 0. The highest BCUT2D eigenvalue weighted by Crippen LogP contribution is 2.34. The number of hydrogen-bond donors (Lipinski definition) is 1. The molecule has 1 amide bonds. The zero-order chi connectivity index (χ0) is 20.7. The SMILES string of the molecule is CCOc1cc(C#N)c(NC(=O)[C@@H](C)Oc2ccc(Cl)cc2C)cc1OCC. The van der Waals surface area contributed by atoms with E-state index in [0.29, 0.717) is 41.2 Å². The van der Waals surface area contributed by atoms with Crippen molar-refractivity contribution in [1.82, 2.24) is 0 Å². The number of ether oxygens (including phenoxy) is 3. The van der Waals surface area contributed by atoms with E-state index in [2.05, 4.69) is 11.4 Å². The van der Waals surface area contributed by atoms with Gasteiger partial charge >= 0.3 is 0 Å². The van der Waals surface area contributed by atoms with Gasteiger partial charge in [0.25, 0.3) is 5.91 Å². The van der Waals surface area contributed by atoms with Crippen molar-refractivity contribution in [2.24, 2.45) is 0 Å². The summed E-state index contributed by atoms with van der Waals surface area (Å²) >= 11 is 5.94. The van der Waals surface area contributed by atoms with Gasteiger partial charge in [-0.1, -0.05) is 11.6 Å². The van der Waals surface area contributed by atoms with Gasteiger partial charge < -0.3 is 19.5 Å². The van der Waals surface area contributed by atoms with Crippen molar-refractivity contribution >= 4 is 23.2 Å². The third-order valence-corrected chi connectivity index (χ3v) is 4.11. The number of benzene rings is 2. The Balaban J connectivity index is 2.21. The molecule has 0 heterocycles. The third kappa shape index (κ3) is 5.30. The minimum absolute atomic E-state index is 0.273. The van der Waals surface area contributed by atoms with E-state index in [1.165, 1.54) is 0 Å². The predicted octanol–water partition coefficient (Wildman–Crippen LogP) is 4.72. The molecule has 0 radical (unpaired) electrons. The monoisotopic (exact) mass is 402 g/mol. The smallest absolute Gasteiger partial charge is 0.265 e. The van der Waals surface area contributed by atoms with Crippen LogP contribution in [0.1, 0.15) is 31.9 Å². The molecule has 2 rings (SSSR count). The number of rotatable bonds is 8. The number of carbonyl (C=O) groups is 1. The molecule has 0 saturated heterocycles. The van der Waals surface area contributed by atoms with Crippen LogP contribution >= 0.6 is 11.6 Å². The Morgan fingerprint density at radius 1 is 1.14 bits per heavy atom. The molecule has 0 aliphatic rings. The first-order chi connectivity index (χ1) is 13.4. The lowest BCUT2D eigenvalue weighted by atomic mass is 10.1. The molecule has 0 bridgehead atoms. The van der Waals surface area contributed by atoms with Gasteiger partial charge in [-0.3, -0.25) is 4.79 Å². The van der Waals surface area contributed by atoms with Crippen LogP contribution in [-0.2, 0) is 4.79 Å². The number of halogens is 1. The van der Waals surface area contributed by atoms with Crippen LogP contribution in [0.4, 0.5) is 5.69 Å². The first kappa shape index (κ1) is 21.4. The molecule has 1 atom stereocenters. The number of anilines is 1. The van der Waals surface area contributed by atoms with Gasteiger partial charge in [-0.15, -0.1) is 0 Å². The zero-order valence-corrected chi connectivity index (χ0v) is 17.1. The van der Waals surface area contributed by atoms with Crippen LogP contribution in [0.15, 0.2) is 30.3 Å². The van der Waals surface area contributed by atoms with Crippen LogP contribution < -0.4 is 19.5 Å². The summed E-state index contributed by atoms with van der Waals surface area (Å²) in [6, 6.07) is 10.4. The first-order valence-corrected chi connectivity index (χ1v) is 9.34. The first-order valence-electron chi connectivity index (χ1n) is 8.97. The highest BCUT2D eigenvalue weighted by molar-refractivity contribution is 6.30. The summed E-state index contributed by atoms with van der Waals surface area (Å²) in [5.74, 6) is 1.09. The molecule has 0 aliphatic carbocycles. The number of aryl methyl sites for hydroxylation is 1. The Kier molecular flexibility index (Phi) is 7.53. The van der Waals surface area contributed by atoms with Crippen molar-refractivity contribution in [3.63, 3.8) is 0 Å². The van der Waals surface area contributed by atoms with Gasteiger partial charge in [0.05, 0.1) is 24.5 Å². The van der Waals surface area contributed by atoms with Crippen molar-refractivity contribution in [3.8, 4) is 23.3 Å². The number of carbonyl (C=O) groups excluding carboxylic acids is 1. The van der Waals surface area contributed by atoms with Crippen molar-refractivity contribution in [2.45, 2.75) is 33.8 Å². The Bertz CT molecular complexity index is 893. The van der Waals surface area contributed by atoms with Crippen molar-refractivity contribution in [2.75, 3.05) is 18.5 Å². The Labute approximate surface area is 170 Å². The van der Waals surface area contributed by atoms with E-state index in [9.17, 15) is 10.1 Å². The summed E-state index contributed by atoms with van der Waals surface area (Å²) < 4.78 is 16.8. The van der Waals surface area contributed by atoms with Crippen LogP contribution in [-0.4, -0.2) is 25.2 Å². The minimum Gasteiger partial charge on any atom is -0.490 e. The van der Waals surface area contributed by atoms with E-state index in [-0.39, 0.29) is 5.56 Å². The fourth-order valence-corrected chi connectivity index (χ4v) is 2.74. The standard InChI is InChI=1S/C21H23ClN2O4/c1-5-26-19-10-15(12-23)17(11-20(19)27-6-2)24-21(25)14(4)28-18-8-7-16(22)9-13(18)3/h7-11,14H,5-6H2,1-4H3,(H,24,25)/t14-/m1/s1. The highest BCUT2D eigenvalue weighted by atomic mass is 35.5. The second kappa shape index (κ2) is 9.86. The fourth-order valence-electron chi connectivity index (χ4n) is 2.52. The lowest BCUT2D eigenvalue weighted by Gasteiger charge is -2.18. The van der Waals surface area contributed by atoms with Crippen LogP contribution in [0.25, 0.3) is 0 Å². The molecule has 0 saturated carbocycles. The van der Waals surface area contributed by atoms with Gasteiger partial charge in [-0.25, -0.2) is 0 Å². The van der Waals surface area contributed by atoms with Crippen LogP contribution in [0.5, 0.6) is 17.2 Å². The van der Waals surface area contributed by atoms with Gasteiger partial charge in [-0.2, -0.15) is 5.26 Å². The maximum absolute atomic E-state index is 12.6. The van der Waals surface area contributed by atoms with E-state index in [1.54, 1.807) is 37.3 Å². The molecule has 0 aromatic heterocycles. The Morgan fingerprint density at radius 2 is 1.79 bits per heavy atom. The summed E-state index contributed by atoms with van der Waals surface area (Å²) in [6.07, 6.45) is -0.784. The minimum atomic E-state index is -0.784. The van der Waals surface area contributed by atoms with Crippen LogP contribution in [0, 0.1) is 18.3 Å². The van der Waals surface area contributed by atoms with E-state index >= 15 is 0 Å². The molecule has 2 aromatic rings. The van der Waals surface area contributed by atoms with E-state index in [0.717, 1.165) is 5.56 Å². The van der Waals surface area contributed by atoms with Gasteiger partial charge in [0.1, 0.15) is 11.8 Å². The average Bonchev–Trinajstić information content (AvgIpc) is 2.66. The van der Waals surface area contributed by atoms with Crippen molar-refractivity contribution < 1.29 is 19.0 Å². The second-order valence-electron chi connectivity index (χ2n) is 5.98. The van der Waals surface area contributed by atoms with E-state index in [1.807, 2.05) is 20.8 Å². The lowest BCUT2D eigenvalue weighted by molar-refractivity contribution is -0.122. The van der Waals surface area contributed by atoms with Gasteiger partial charge in [0, 0.05) is 17.2 Å². The fraction of sp³-hybridized carbons (Fsp3) is 0.333. The van der Waals surface area contributed by atoms with Crippen molar-refractivity contribution in [1.29, 1.82) is 5.26 Å². The molecule has 28 heavy (non-hydrogen) atoms. The average molecular weight is 403 g/mol. The quantitative estimate of drug-likeness (QED) is 0.690. The van der Waals surface area contributed by atoms with Gasteiger partial charge in [0.2, 0.25) is 0 Å². The Hall–Kier alpha value is -2.91. The van der Waals surface area contributed by atoms with Gasteiger partial charge in [0.15, 0.2) is 17.6 Å². The number of amides is 1. The summed E-state index contributed by atoms with van der Waals surface area (Å²) in [6.45, 7) is 8.02. The third-order valence-electron chi connectivity index (χ3n) is 3.87. The van der Waals surface area contributed by atoms with Gasteiger partial charge in [-0.05, 0) is 51.5 Å². The normalized spacial score (nSPS) is 11.3. The predicted molar refractivity (Wildman–Crippen MR) is 108 cm³/mol. The maximum atomic E-state index is 12.6. The molecule has 2 aromatic carbocycles. The molecule has 7 heteroatoms. The highest BCUT2D eigenvalue weighted by Gasteiger charge is 2.19. The molecule has 0 fully saturated rings. The van der Waals surface area contributed by atoms with E-state index < -0.39 is 12.0 Å². The number of nitriles is 1. The Morgan fingerprint density at radius 3 is 2.36 bits per heavy atom. The largest absolute Gasteiger partial charge is 0.490 e. The molecule has 0 spiro atoms. The molecule has 1 N–H and O–H groups in total. The van der Waals surface area contributed by atoms with E-state index in [4.69, 9.17) is 25.8 Å². The maximum Gasteiger partial charge on any atom is 0.265 e. The summed E-state index contributed by atoms with van der Waals surface area (Å²) in [5, 5.41) is 12.8. The topological polar surface area (TPSA) is 80.6 Å². The number of nitrogens with one attached hydrogen (secondary N) is 1. The zero-order valence-electron chi connectivity index (χ0n) is 16.3. The molecular weight excluding hydrogens is 380 g/mol. The van der Waals surface area contributed by atoms with Crippen LogP contribution in [0.3, 0.4) is 0 Å². The molecular formula is C21H23ClN2O4. The summed E-state index contributed by atoms with van der Waals surface area (Å²) in [4.78, 5) is 12.6. The lowest BCUT2D eigenvalue weighted by Crippen LogP contribution is -2.30. The molecule has 148 valence electrons. The number of hydrogen-bond acceptors (Lipinski definition) is 5. The molecule has 0 aliphatic heterocycles. The summed E-state index contributed by atoms with van der Waals surface area (Å²) in [5.41, 5.74) is 1.43. The van der Waals surface area contributed by atoms with Crippen LogP contribution in [0.2, 0.25) is 5.02 Å². The number of nitrogens with zero attached hydrogens (tertiary/aromatic N) is 1. The molecule has 0 unspecified atom stereocenters. The molecule has 6 nitrogen and oxygen atoms in total.